The van der Waals surface area contributed by atoms with Crippen molar-refractivity contribution in [2.45, 2.75) is 26.0 Å². The van der Waals surface area contributed by atoms with E-state index in [2.05, 4.69) is 10.4 Å². The van der Waals surface area contributed by atoms with Crippen molar-refractivity contribution in [3.8, 4) is 16.3 Å². The molecule has 3 aromatic rings. The van der Waals surface area contributed by atoms with E-state index < -0.39 is 5.60 Å². The van der Waals surface area contributed by atoms with Crippen LogP contribution in [0.5, 0.6) is 5.75 Å². The highest BCUT2D eigenvalue weighted by Gasteiger charge is 2.29. The summed E-state index contributed by atoms with van der Waals surface area (Å²) in [5.74, 6) is 0.417. The number of thiophene rings is 1. The minimum atomic E-state index is -0.986. The van der Waals surface area contributed by atoms with Crippen LogP contribution >= 0.6 is 22.9 Å². The van der Waals surface area contributed by atoms with E-state index in [0.29, 0.717) is 23.9 Å². The van der Waals surface area contributed by atoms with Crippen molar-refractivity contribution < 1.29 is 9.53 Å². The molecule has 5 nitrogen and oxygen atoms in total. The Bertz CT molecular complexity index is 857. The van der Waals surface area contributed by atoms with Gasteiger partial charge in [0.2, 0.25) is 0 Å². The van der Waals surface area contributed by atoms with Gasteiger partial charge in [-0.1, -0.05) is 17.7 Å². The van der Waals surface area contributed by atoms with Gasteiger partial charge in [-0.2, -0.15) is 5.10 Å². The number of carbonyl (C=O) groups is 1. The summed E-state index contributed by atoms with van der Waals surface area (Å²) in [5.41, 5.74) is -0.0437. The van der Waals surface area contributed by atoms with E-state index >= 15 is 0 Å². The smallest absolute Gasteiger partial charge is 0.263 e. The molecule has 1 N–H and O–H groups in total. The molecule has 0 saturated heterocycles. The van der Waals surface area contributed by atoms with E-state index in [4.69, 9.17) is 16.3 Å². The molecule has 0 aliphatic heterocycles. The predicted octanol–water partition coefficient (Wildman–Crippen LogP) is 4.24. The van der Waals surface area contributed by atoms with E-state index in [1.54, 1.807) is 49.4 Å². The summed E-state index contributed by atoms with van der Waals surface area (Å²) in [7, 11) is 0. The van der Waals surface area contributed by atoms with Crippen molar-refractivity contribution in [3.63, 3.8) is 0 Å². The summed E-state index contributed by atoms with van der Waals surface area (Å²) in [4.78, 5) is 13.6. The van der Waals surface area contributed by atoms with Crippen molar-refractivity contribution in [2.75, 3.05) is 6.54 Å². The Balaban J connectivity index is 1.50. The highest BCUT2D eigenvalue weighted by molar-refractivity contribution is 7.13. The van der Waals surface area contributed by atoms with Crippen LogP contribution in [-0.4, -0.2) is 27.8 Å². The molecule has 0 spiro atoms. The second-order valence-corrected chi connectivity index (χ2v) is 7.65. The molecule has 136 valence electrons. The Morgan fingerprint density at radius 1 is 1.27 bits per heavy atom. The molecular formula is C19H20ClN3O2S. The van der Waals surface area contributed by atoms with Gasteiger partial charge < -0.3 is 10.1 Å². The van der Waals surface area contributed by atoms with Crippen molar-refractivity contribution >= 4 is 28.8 Å². The first-order valence-electron chi connectivity index (χ1n) is 8.24. The molecule has 1 aromatic carbocycles. The maximum atomic E-state index is 12.4. The third-order valence-electron chi connectivity index (χ3n) is 3.77. The van der Waals surface area contributed by atoms with Gasteiger partial charge in [0.05, 0.1) is 11.4 Å². The largest absolute Gasteiger partial charge is 0.478 e. The highest BCUT2D eigenvalue weighted by atomic mass is 35.5. The zero-order valence-electron chi connectivity index (χ0n) is 14.6. The van der Waals surface area contributed by atoms with Crippen LogP contribution in [0.3, 0.4) is 0 Å². The number of amides is 1. The molecule has 3 rings (SSSR count). The quantitative estimate of drug-likeness (QED) is 0.657. The molecule has 7 heteroatoms. The Hall–Kier alpha value is -2.31. The molecule has 0 atom stereocenters. The summed E-state index contributed by atoms with van der Waals surface area (Å²) < 4.78 is 7.60. The molecule has 0 aliphatic carbocycles. The summed E-state index contributed by atoms with van der Waals surface area (Å²) in [6.07, 6.45) is 1.91. The Morgan fingerprint density at radius 3 is 2.73 bits per heavy atom. The van der Waals surface area contributed by atoms with Crippen LogP contribution in [-0.2, 0) is 11.3 Å². The first kappa shape index (κ1) is 18.5. The van der Waals surface area contributed by atoms with Gasteiger partial charge >= 0.3 is 0 Å². The first-order valence-corrected chi connectivity index (χ1v) is 9.50. The van der Waals surface area contributed by atoms with Crippen molar-refractivity contribution in [2.24, 2.45) is 0 Å². The van der Waals surface area contributed by atoms with Crippen molar-refractivity contribution in [1.82, 2.24) is 15.1 Å². The zero-order valence-corrected chi connectivity index (χ0v) is 16.2. The molecule has 0 aliphatic rings. The van der Waals surface area contributed by atoms with Crippen LogP contribution < -0.4 is 10.1 Å². The van der Waals surface area contributed by atoms with E-state index in [1.807, 2.05) is 34.5 Å². The number of halogens is 1. The van der Waals surface area contributed by atoms with Gasteiger partial charge in [0.25, 0.3) is 5.91 Å². The minimum absolute atomic E-state index is 0.182. The number of rotatable bonds is 7. The van der Waals surface area contributed by atoms with Crippen LogP contribution in [0.1, 0.15) is 13.8 Å². The normalized spacial score (nSPS) is 11.3. The van der Waals surface area contributed by atoms with Crippen LogP contribution in [0.15, 0.2) is 54.0 Å². The lowest BCUT2D eigenvalue weighted by molar-refractivity contribution is -0.134. The fourth-order valence-corrected chi connectivity index (χ4v) is 3.20. The van der Waals surface area contributed by atoms with Gasteiger partial charge in [0.15, 0.2) is 5.60 Å². The highest BCUT2D eigenvalue weighted by Crippen LogP contribution is 2.22. The van der Waals surface area contributed by atoms with E-state index in [-0.39, 0.29) is 5.91 Å². The first-order chi connectivity index (χ1) is 12.4. The molecular weight excluding hydrogens is 370 g/mol. The monoisotopic (exact) mass is 389 g/mol. The van der Waals surface area contributed by atoms with Crippen LogP contribution in [0.25, 0.3) is 10.6 Å². The molecule has 2 heterocycles. The van der Waals surface area contributed by atoms with Gasteiger partial charge in [-0.15, -0.1) is 11.3 Å². The van der Waals surface area contributed by atoms with E-state index in [9.17, 15) is 4.79 Å². The van der Waals surface area contributed by atoms with Gasteiger partial charge in [-0.25, -0.2) is 0 Å². The van der Waals surface area contributed by atoms with Gasteiger partial charge in [-0.05, 0) is 55.6 Å². The predicted molar refractivity (Wildman–Crippen MR) is 105 cm³/mol. The molecule has 0 radical (unpaired) electrons. The second-order valence-electron chi connectivity index (χ2n) is 6.26. The Kier molecular flexibility index (Phi) is 5.64. The lowest BCUT2D eigenvalue weighted by Gasteiger charge is -2.25. The fourth-order valence-electron chi connectivity index (χ4n) is 2.38. The lowest BCUT2D eigenvalue weighted by atomic mass is 10.1. The molecule has 26 heavy (non-hydrogen) atoms. The number of nitrogens with zero attached hydrogens (tertiary/aromatic N) is 2. The Morgan fingerprint density at radius 2 is 2.04 bits per heavy atom. The molecule has 1 amide bonds. The van der Waals surface area contributed by atoms with Crippen molar-refractivity contribution in [3.05, 3.63) is 59.1 Å². The van der Waals surface area contributed by atoms with Gasteiger partial charge in [0, 0.05) is 17.8 Å². The number of aromatic nitrogens is 2. The maximum Gasteiger partial charge on any atom is 0.263 e. The number of carbonyl (C=O) groups excluding carboxylic acids is 1. The standard InChI is InChI=1S/C19H20ClN3O2S/c1-19(2,25-15-7-5-14(20)6-8-15)18(24)21-10-12-23-11-9-16(22-23)17-4-3-13-26-17/h3-9,11,13H,10,12H2,1-2H3,(H,21,24). The lowest BCUT2D eigenvalue weighted by Crippen LogP contribution is -2.47. The third-order valence-corrected chi connectivity index (χ3v) is 4.92. The number of ether oxygens (including phenoxy) is 1. The molecule has 0 fully saturated rings. The van der Waals surface area contributed by atoms with Crippen molar-refractivity contribution in [1.29, 1.82) is 0 Å². The average Bonchev–Trinajstić information content (AvgIpc) is 3.28. The van der Waals surface area contributed by atoms with E-state index in [1.165, 1.54) is 0 Å². The number of hydrogen-bond donors (Lipinski definition) is 1. The topological polar surface area (TPSA) is 56.1 Å². The average molecular weight is 390 g/mol. The second kappa shape index (κ2) is 7.93. The van der Waals surface area contributed by atoms with E-state index in [0.717, 1.165) is 10.6 Å². The molecule has 0 unspecified atom stereocenters. The van der Waals surface area contributed by atoms with Crippen LogP contribution in [0, 0.1) is 0 Å². The summed E-state index contributed by atoms with van der Waals surface area (Å²) >= 11 is 7.52. The van der Waals surface area contributed by atoms with Crippen LogP contribution in [0.2, 0.25) is 5.02 Å². The zero-order chi connectivity index (χ0) is 18.6. The SMILES string of the molecule is CC(C)(Oc1ccc(Cl)cc1)C(=O)NCCn1ccc(-c2cccs2)n1. The molecule has 2 aromatic heterocycles. The number of nitrogens with one attached hydrogen (secondary N) is 1. The van der Waals surface area contributed by atoms with Gasteiger partial charge in [-0.3, -0.25) is 9.48 Å². The van der Waals surface area contributed by atoms with Crippen LogP contribution in [0.4, 0.5) is 0 Å². The summed E-state index contributed by atoms with van der Waals surface area (Å²) in [5, 5.41) is 10.1. The fraction of sp³-hybridized carbons (Fsp3) is 0.263. The summed E-state index contributed by atoms with van der Waals surface area (Å²) in [6, 6.07) is 13.0. The molecule has 0 saturated carbocycles. The number of benzene rings is 1. The minimum Gasteiger partial charge on any atom is -0.478 e. The Labute approximate surface area is 161 Å². The summed E-state index contributed by atoms with van der Waals surface area (Å²) in [6.45, 7) is 4.53. The van der Waals surface area contributed by atoms with Gasteiger partial charge in [0.1, 0.15) is 11.4 Å². The maximum absolute atomic E-state index is 12.4. The molecule has 0 bridgehead atoms. The third kappa shape index (κ3) is 4.65. The number of hydrogen-bond acceptors (Lipinski definition) is 4.